The predicted octanol–water partition coefficient (Wildman–Crippen LogP) is 0.491. The van der Waals surface area contributed by atoms with Gasteiger partial charge < -0.3 is 16.0 Å². The molecule has 2 rings (SSSR count). The molecule has 0 aromatic rings. The van der Waals surface area contributed by atoms with Gasteiger partial charge in [-0.2, -0.15) is 0 Å². The maximum absolute atomic E-state index is 5.46. The van der Waals surface area contributed by atoms with E-state index in [4.69, 9.17) is 5.73 Å². The van der Waals surface area contributed by atoms with Gasteiger partial charge in [-0.25, -0.2) is 0 Å². The Bertz CT molecular complexity index is 252. The van der Waals surface area contributed by atoms with Crippen LogP contribution >= 0.6 is 0 Å². The molecule has 64 valence electrons. The first-order chi connectivity index (χ1) is 5.90. The molecule has 2 heterocycles. The van der Waals surface area contributed by atoms with Crippen molar-refractivity contribution < 1.29 is 0 Å². The van der Waals surface area contributed by atoms with Gasteiger partial charge in [0.25, 0.3) is 0 Å². The Morgan fingerprint density at radius 2 is 2.42 bits per heavy atom. The molecule has 0 fully saturated rings. The number of allylic oxidation sites excluding steroid dienone is 2. The van der Waals surface area contributed by atoms with E-state index in [0.29, 0.717) is 12.7 Å². The van der Waals surface area contributed by atoms with Crippen molar-refractivity contribution in [1.82, 2.24) is 10.2 Å². The maximum Gasteiger partial charge on any atom is 0.122 e. The highest BCUT2D eigenvalue weighted by Gasteiger charge is 2.19. The van der Waals surface area contributed by atoms with Crippen molar-refractivity contribution in [2.45, 2.75) is 12.6 Å². The molecule has 0 spiro atoms. The number of nitrogens with two attached hydrogens (primary N) is 1. The quantitative estimate of drug-likeness (QED) is 0.622. The van der Waals surface area contributed by atoms with Crippen LogP contribution in [0, 0.1) is 0 Å². The molecule has 0 saturated heterocycles. The molecule has 2 aliphatic rings. The van der Waals surface area contributed by atoms with E-state index in [-0.39, 0.29) is 0 Å². The third kappa shape index (κ3) is 1.23. The highest BCUT2D eigenvalue weighted by Crippen LogP contribution is 2.16. The molecule has 0 radical (unpaired) electrons. The minimum Gasteiger partial charge on any atom is -0.364 e. The molecule has 12 heavy (non-hydrogen) atoms. The topological polar surface area (TPSA) is 41.3 Å². The largest absolute Gasteiger partial charge is 0.364 e. The fourth-order valence-electron chi connectivity index (χ4n) is 1.46. The van der Waals surface area contributed by atoms with Gasteiger partial charge in [0.1, 0.15) is 6.17 Å². The van der Waals surface area contributed by atoms with Gasteiger partial charge in [-0.1, -0.05) is 6.08 Å². The Morgan fingerprint density at radius 1 is 1.50 bits per heavy atom. The zero-order valence-corrected chi connectivity index (χ0v) is 6.90. The van der Waals surface area contributed by atoms with Gasteiger partial charge >= 0.3 is 0 Å². The van der Waals surface area contributed by atoms with Crippen molar-refractivity contribution in [3.8, 4) is 0 Å². The lowest BCUT2D eigenvalue weighted by atomic mass is 10.3. The average Bonchev–Trinajstić information content (AvgIpc) is 2.47. The van der Waals surface area contributed by atoms with E-state index >= 15 is 0 Å². The number of fused-ring (bicyclic) bond motifs is 1. The third-order valence-electron chi connectivity index (χ3n) is 2.04. The van der Waals surface area contributed by atoms with Crippen LogP contribution in [-0.4, -0.2) is 17.6 Å². The number of hydrogen-bond acceptors (Lipinski definition) is 3. The highest BCUT2D eigenvalue weighted by atomic mass is 15.3. The summed E-state index contributed by atoms with van der Waals surface area (Å²) in [7, 11) is 0. The SMILES string of the molecule is NCCC1=CN2C=CC=CC2N1. The summed E-state index contributed by atoms with van der Waals surface area (Å²) in [5, 5.41) is 3.36. The van der Waals surface area contributed by atoms with E-state index < -0.39 is 0 Å². The van der Waals surface area contributed by atoms with Crippen LogP contribution < -0.4 is 11.1 Å². The number of nitrogens with zero attached hydrogens (tertiary/aromatic N) is 1. The maximum atomic E-state index is 5.46. The Balaban J connectivity index is 2.06. The predicted molar refractivity (Wildman–Crippen MR) is 48.8 cm³/mol. The zero-order chi connectivity index (χ0) is 8.39. The van der Waals surface area contributed by atoms with Gasteiger partial charge in [0.05, 0.1) is 0 Å². The van der Waals surface area contributed by atoms with E-state index in [1.807, 2.05) is 12.2 Å². The van der Waals surface area contributed by atoms with Crippen LogP contribution in [-0.2, 0) is 0 Å². The second kappa shape index (κ2) is 3.03. The molecule has 0 aromatic heterocycles. The van der Waals surface area contributed by atoms with Gasteiger partial charge in [0, 0.05) is 24.5 Å². The lowest BCUT2D eigenvalue weighted by Crippen LogP contribution is -2.32. The lowest BCUT2D eigenvalue weighted by Gasteiger charge is -2.20. The lowest BCUT2D eigenvalue weighted by molar-refractivity contribution is 0.423. The molecule has 0 bridgehead atoms. The van der Waals surface area contributed by atoms with Crippen LogP contribution in [0.25, 0.3) is 0 Å². The van der Waals surface area contributed by atoms with Gasteiger partial charge in [0.15, 0.2) is 0 Å². The van der Waals surface area contributed by atoms with E-state index in [2.05, 4.69) is 28.7 Å². The summed E-state index contributed by atoms with van der Waals surface area (Å²) in [5.41, 5.74) is 6.68. The first-order valence-corrected chi connectivity index (χ1v) is 4.20. The van der Waals surface area contributed by atoms with Crippen molar-refractivity contribution in [2.24, 2.45) is 5.73 Å². The first kappa shape index (κ1) is 7.43. The summed E-state index contributed by atoms with van der Waals surface area (Å²) >= 11 is 0. The van der Waals surface area contributed by atoms with Gasteiger partial charge in [0.2, 0.25) is 0 Å². The van der Waals surface area contributed by atoms with Crippen LogP contribution in [0.4, 0.5) is 0 Å². The minimum atomic E-state index is 0.316. The standard InChI is InChI=1S/C9H13N3/c10-5-4-8-7-12-6-2-1-3-9(12)11-8/h1-3,6-7,9,11H,4-5,10H2. The van der Waals surface area contributed by atoms with Crippen molar-refractivity contribution in [3.05, 3.63) is 36.3 Å². The van der Waals surface area contributed by atoms with Crippen LogP contribution in [0.1, 0.15) is 6.42 Å². The highest BCUT2D eigenvalue weighted by molar-refractivity contribution is 5.22. The van der Waals surface area contributed by atoms with Crippen molar-refractivity contribution in [2.75, 3.05) is 6.54 Å². The zero-order valence-electron chi connectivity index (χ0n) is 6.90. The smallest absolute Gasteiger partial charge is 0.122 e. The number of hydrogen-bond donors (Lipinski definition) is 2. The summed E-state index contributed by atoms with van der Waals surface area (Å²) < 4.78 is 0. The fraction of sp³-hybridized carbons (Fsp3) is 0.333. The second-order valence-corrected chi connectivity index (χ2v) is 2.96. The normalized spacial score (nSPS) is 25.2. The third-order valence-corrected chi connectivity index (χ3v) is 2.04. The van der Waals surface area contributed by atoms with Gasteiger partial charge in [-0.15, -0.1) is 0 Å². The van der Waals surface area contributed by atoms with Crippen molar-refractivity contribution >= 4 is 0 Å². The van der Waals surface area contributed by atoms with E-state index in [9.17, 15) is 0 Å². The molecule has 0 amide bonds. The molecule has 2 aliphatic heterocycles. The molecular formula is C9H13N3. The van der Waals surface area contributed by atoms with Crippen molar-refractivity contribution in [3.63, 3.8) is 0 Å². The van der Waals surface area contributed by atoms with Gasteiger partial charge in [-0.3, -0.25) is 0 Å². The average molecular weight is 163 g/mol. The summed E-state index contributed by atoms with van der Waals surface area (Å²) in [6.45, 7) is 0.701. The molecule has 3 nitrogen and oxygen atoms in total. The number of nitrogens with one attached hydrogen (secondary N) is 1. The van der Waals surface area contributed by atoms with E-state index in [1.54, 1.807) is 0 Å². The fourth-order valence-corrected chi connectivity index (χ4v) is 1.46. The summed E-state index contributed by atoms with van der Waals surface area (Å²) in [6.07, 6.45) is 11.6. The Morgan fingerprint density at radius 3 is 3.17 bits per heavy atom. The van der Waals surface area contributed by atoms with Crippen LogP contribution in [0.2, 0.25) is 0 Å². The molecule has 0 aromatic carbocycles. The molecule has 0 saturated carbocycles. The summed E-state index contributed by atoms with van der Waals surface area (Å²) in [5.74, 6) is 0. The molecular weight excluding hydrogens is 150 g/mol. The molecule has 3 heteroatoms. The van der Waals surface area contributed by atoms with E-state index in [0.717, 1.165) is 6.42 Å². The monoisotopic (exact) mass is 163 g/mol. The Labute approximate surface area is 72.2 Å². The van der Waals surface area contributed by atoms with Crippen molar-refractivity contribution in [1.29, 1.82) is 0 Å². The minimum absolute atomic E-state index is 0.316. The van der Waals surface area contributed by atoms with E-state index in [1.165, 1.54) is 5.70 Å². The molecule has 3 N–H and O–H groups in total. The molecule has 0 aliphatic carbocycles. The van der Waals surface area contributed by atoms with Crippen LogP contribution in [0.3, 0.4) is 0 Å². The molecule has 1 atom stereocenters. The summed E-state index contributed by atoms with van der Waals surface area (Å²) in [6, 6.07) is 0. The molecule has 1 unspecified atom stereocenters. The van der Waals surface area contributed by atoms with Gasteiger partial charge in [-0.05, 0) is 18.7 Å². The summed E-state index contributed by atoms with van der Waals surface area (Å²) in [4.78, 5) is 2.14. The Kier molecular flexibility index (Phi) is 1.87. The van der Waals surface area contributed by atoms with Crippen LogP contribution in [0.15, 0.2) is 36.3 Å². The first-order valence-electron chi connectivity index (χ1n) is 4.20. The number of rotatable bonds is 2. The van der Waals surface area contributed by atoms with Crippen LogP contribution in [0.5, 0.6) is 0 Å². The Hall–Kier alpha value is -1.22. The second-order valence-electron chi connectivity index (χ2n) is 2.96.